The number of morpholine rings is 1. The molecule has 0 radical (unpaired) electrons. The number of rotatable bonds is 2. The van der Waals surface area contributed by atoms with E-state index in [2.05, 4.69) is 0 Å². The highest BCUT2D eigenvalue weighted by Crippen LogP contribution is 2.35. The average Bonchev–Trinajstić information content (AvgIpc) is 2.94. The number of hydrogen-bond acceptors (Lipinski definition) is 4. The second-order valence-electron chi connectivity index (χ2n) is 5.28. The Labute approximate surface area is 129 Å². The first kappa shape index (κ1) is 14.8. The van der Waals surface area contributed by atoms with Crippen molar-refractivity contribution in [2.24, 2.45) is 0 Å². The summed E-state index contributed by atoms with van der Waals surface area (Å²) in [5.41, 5.74) is 0.347. The van der Waals surface area contributed by atoms with Crippen LogP contribution in [0.25, 0.3) is 0 Å². The summed E-state index contributed by atoms with van der Waals surface area (Å²) in [5, 5.41) is 8.94. The van der Waals surface area contributed by atoms with Gasteiger partial charge in [-0.3, -0.25) is 0 Å². The first-order valence-electron chi connectivity index (χ1n) is 6.87. The van der Waals surface area contributed by atoms with Crippen LogP contribution in [0.2, 0.25) is 5.02 Å². The van der Waals surface area contributed by atoms with E-state index in [-0.39, 0.29) is 22.1 Å². The summed E-state index contributed by atoms with van der Waals surface area (Å²) in [6.45, 7) is 0.758. The Kier molecular flexibility index (Phi) is 3.93. The quantitative estimate of drug-likeness (QED) is 0.835. The maximum absolute atomic E-state index is 12.9. The van der Waals surface area contributed by atoms with Crippen molar-refractivity contribution in [2.75, 3.05) is 13.2 Å². The van der Waals surface area contributed by atoms with Gasteiger partial charge in [0.05, 0.1) is 35.4 Å². The number of nitriles is 1. The molecule has 0 N–H and O–H groups in total. The fourth-order valence-corrected chi connectivity index (χ4v) is 5.28. The van der Waals surface area contributed by atoms with Crippen LogP contribution >= 0.6 is 11.6 Å². The van der Waals surface area contributed by atoms with Gasteiger partial charge in [-0.1, -0.05) is 11.6 Å². The van der Waals surface area contributed by atoms with Gasteiger partial charge in [0.15, 0.2) is 0 Å². The van der Waals surface area contributed by atoms with Gasteiger partial charge in [-0.15, -0.1) is 0 Å². The monoisotopic (exact) mass is 326 g/mol. The van der Waals surface area contributed by atoms with E-state index >= 15 is 0 Å². The van der Waals surface area contributed by atoms with Gasteiger partial charge in [0.1, 0.15) is 4.90 Å². The molecule has 0 bridgehead atoms. The number of hydrogen-bond donors (Lipinski definition) is 0. The Morgan fingerprint density at radius 3 is 2.90 bits per heavy atom. The van der Waals surface area contributed by atoms with Crippen LogP contribution in [-0.4, -0.2) is 38.0 Å². The van der Waals surface area contributed by atoms with E-state index in [0.29, 0.717) is 18.7 Å². The van der Waals surface area contributed by atoms with E-state index in [0.717, 1.165) is 19.3 Å². The second-order valence-corrected chi connectivity index (χ2v) is 7.55. The van der Waals surface area contributed by atoms with Gasteiger partial charge >= 0.3 is 0 Å². The topological polar surface area (TPSA) is 70.4 Å². The molecule has 2 unspecified atom stereocenters. The summed E-state index contributed by atoms with van der Waals surface area (Å²) in [5.74, 6) is 0. The largest absolute Gasteiger partial charge is 0.375 e. The van der Waals surface area contributed by atoms with Gasteiger partial charge in [0.2, 0.25) is 10.0 Å². The number of benzene rings is 1. The van der Waals surface area contributed by atoms with E-state index in [9.17, 15) is 8.42 Å². The molecule has 5 nitrogen and oxygen atoms in total. The molecule has 0 spiro atoms. The molecule has 2 fully saturated rings. The summed E-state index contributed by atoms with van der Waals surface area (Å²) in [6, 6.07) is 6.13. The van der Waals surface area contributed by atoms with E-state index in [1.807, 2.05) is 6.07 Å². The zero-order valence-electron chi connectivity index (χ0n) is 11.3. The summed E-state index contributed by atoms with van der Waals surface area (Å²) < 4.78 is 32.9. The molecule has 1 saturated carbocycles. The molecule has 1 aromatic carbocycles. The number of nitrogens with zero attached hydrogens (tertiary/aromatic N) is 2. The maximum Gasteiger partial charge on any atom is 0.244 e. The summed E-state index contributed by atoms with van der Waals surface area (Å²) >= 11 is 6.07. The predicted octanol–water partition coefficient (Wildman–Crippen LogP) is 2.15. The normalized spacial score (nSPS) is 26.3. The van der Waals surface area contributed by atoms with Gasteiger partial charge < -0.3 is 4.74 Å². The van der Waals surface area contributed by atoms with Crippen molar-refractivity contribution in [3.8, 4) is 6.07 Å². The number of halogens is 1. The molecule has 0 amide bonds. The smallest absolute Gasteiger partial charge is 0.244 e. The van der Waals surface area contributed by atoms with Gasteiger partial charge in [-0.2, -0.15) is 9.57 Å². The Bertz CT molecular complexity index is 699. The zero-order valence-corrected chi connectivity index (χ0v) is 12.9. The minimum atomic E-state index is -3.66. The van der Waals surface area contributed by atoms with Crippen molar-refractivity contribution < 1.29 is 13.2 Å². The molecule has 2 atom stereocenters. The van der Waals surface area contributed by atoms with Crippen molar-refractivity contribution in [2.45, 2.75) is 36.3 Å². The first-order chi connectivity index (χ1) is 10.0. The summed E-state index contributed by atoms with van der Waals surface area (Å²) in [7, 11) is -3.66. The molecule has 1 saturated heterocycles. The van der Waals surface area contributed by atoms with Crippen molar-refractivity contribution in [1.29, 1.82) is 5.26 Å². The van der Waals surface area contributed by atoms with Crippen molar-refractivity contribution in [3.63, 3.8) is 0 Å². The number of fused-ring (bicyclic) bond motifs is 1. The molecule has 112 valence electrons. The molecule has 2 aliphatic rings. The molecule has 7 heteroatoms. The van der Waals surface area contributed by atoms with Crippen molar-refractivity contribution >= 4 is 21.6 Å². The maximum atomic E-state index is 12.9. The summed E-state index contributed by atoms with van der Waals surface area (Å²) in [4.78, 5) is 0.0655. The highest BCUT2D eigenvalue weighted by atomic mass is 35.5. The van der Waals surface area contributed by atoms with Crippen LogP contribution in [0.3, 0.4) is 0 Å². The highest BCUT2D eigenvalue weighted by molar-refractivity contribution is 7.89. The van der Waals surface area contributed by atoms with Crippen LogP contribution in [0.1, 0.15) is 24.8 Å². The lowest BCUT2D eigenvalue weighted by Gasteiger charge is -2.36. The van der Waals surface area contributed by atoms with Gasteiger partial charge in [-0.05, 0) is 37.5 Å². The lowest BCUT2D eigenvalue weighted by Crippen LogP contribution is -2.51. The van der Waals surface area contributed by atoms with E-state index in [4.69, 9.17) is 21.6 Å². The first-order valence-corrected chi connectivity index (χ1v) is 8.69. The van der Waals surface area contributed by atoms with E-state index in [1.165, 1.54) is 22.5 Å². The third-order valence-electron chi connectivity index (χ3n) is 4.08. The molecule has 1 aliphatic carbocycles. The lowest BCUT2D eigenvalue weighted by atomic mass is 10.2. The van der Waals surface area contributed by atoms with Crippen LogP contribution in [0.5, 0.6) is 0 Å². The number of sulfonamides is 1. The Morgan fingerprint density at radius 1 is 1.38 bits per heavy atom. The molecule has 1 aliphatic heterocycles. The highest BCUT2D eigenvalue weighted by Gasteiger charge is 2.42. The second kappa shape index (κ2) is 5.58. The van der Waals surface area contributed by atoms with E-state index < -0.39 is 10.0 Å². The molecule has 21 heavy (non-hydrogen) atoms. The Morgan fingerprint density at radius 2 is 2.19 bits per heavy atom. The van der Waals surface area contributed by atoms with Crippen molar-refractivity contribution in [3.05, 3.63) is 28.8 Å². The van der Waals surface area contributed by atoms with Gasteiger partial charge in [-0.25, -0.2) is 8.42 Å². The molecular weight excluding hydrogens is 312 g/mol. The Balaban J connectivity index is 1.98. The Hall–Kier alpha value is -1.13. The fraction of sp³-hybridized carbons (Fsp3) is 0.500. The van der Waals surface area contributed by atoms with Crippen LogP contribution in [0, 0.1) is 11.3 Å². The SMILES string of the molecule is N#Cc1ccc(S(=O)(=O)N2CCOC3CCCC32)c(Cl)c1. The van der Waals surface area contributed by atoms with Gasteiger partial charge in [0, 0.05) is 6.54 Å². The molecular formula is C14H15ClN2O3S. The van der Waals surface area contributed by atoms with Crippen molar-refractivity contribution in [1.82, 2.24) is 4.31 Å². The zero-order chi connectivity index (χ0) is 15.0. The minimum absolute atomic E-state index is 0.00863. The molecule has 0 aromatic heterocycles. The lowest BCUT2D eigenvalue weighted by molar-refractivity contribution is -0.0241. The molecule has 1 heterocycles. The molecule has 1 aromatic rings. The minimum Gasteiger partial charge on any atom is -0.375 e. The molecule has 3 rings (SSSR count). The number of ether oxygens (including phenoxy) is 1. The third kappa shape index (κ3) is 2.55. The van der Waals surface area contributed by atoms with Gasteiger partial charge in [0.25, 0.3) is 0 Å². The van der Waals surface area contributed by atoms with Crippen LogP contribution in [-0.2, 0) is 14.8 Å². The predicted molar refractivity (Wildman–Crippen MR) is 77.4 cm³/mol. The fourth-order valence-electron chi connectivity index (χ4n) is 3.09. The van der Waals surface area contributed by atoms with Crippen LogP contribution in [0.4, 0.5) is 0 Å². The van der Waals surface area contributed by atoms with Crippen LogP contribution in [0.15, 0.2) is 23.1 Å². The van der Waals surface area contributed by atoms with E-state index in [1.54, 1.807) is 0 Å². The average molecular weight is 327 g/mol. The summed E-state index contributed by atoms with van der Waals surface area (Å²) in [6.07, 6.45) is 2.68. The van der Waals surface area contributed by atoms with Crippen LogP contribution < -0.4 is 0 Å². The third-order valence-corrected chi connectivity index (χ3v) is 6.49. The standard InChI is InChI=1S/C14H15ClN2O3S/c15-11-8-10(9-16)4-5-14(11)21(18,19)17-6-7-20-13-3-1-2-12(13)17/h4-5,8,12-13H,1-3,6-7H2.